The van der Waals surface area contributed by atoms with Crippen molar-refractivity contribution in [1.29, 1.82) is 0 Å². The highest BCUT2D eigenvalue weighted by Crippen LogP contribution is 2.29. The lowest BCUT2D eigenvalue weighted by Gasteiger charge is -2.25. The van der Waals surface area contributed by atoms with E-state index in [0.29, 0.717) is 24.3 Å². The molecule has 3 aromatic carbocycles. The number of hydrogen-bond acceptors (Lipinski definition) is 3. The van der Waals surface area contributed by atoms with Gasteiger partial charge in [-0.2, -0.15) is 0 Å². The number of anilines is 1. The number of rotatable bonds is 8. The molecule has 0 radical (unpaired) electrons. The zero-order valence-corrected chi connectivity index (χ0v) is 19.2. The number of benzene rings is 3. The predicted molar refractivity (Wildman–Crippen MR) is 132 cm³/mol. The number of para-hydroxylation sites is 1. The molecule has 0 unspecified atom stereocenters. The maximum Gasteiger partial charge on any atom is 0.253 e. The Balaban J connectivity index is 1.37. The summed E-state index contributed by atoms with van der Waals surface area (Å²) < 4.78 is 0. The number of likely N-dealkylation sites (tertiary alicyclic amines) is 1. The Labute approximate surface area is 200 Å². The van der Waals surface area contributed by atoms with Crippen LogP contribution in [0.25, 0.3) is 0 Å². The van der Waals surface area contributed by atoms with E-state index in [1.165, 1.54) is 0 Å². The van der Waals surface area contributed by atoms with Crippen LogP contribution in [0.4, 0.5) is 5.69 Å². The van der Waals surface area contributed by atoms with E-state index in [0.717, 1.165) is 17.5 Å². The average molecular weight is 456 g/mol. The second-order valence-corrected chi connectivity index (χ2v) is 8.56. The third kappa shape index (κ3) is 5.52. The van der Waals surface area contributed by atoms with E-state index in [4.69, 9.17) is 0 Å². The molecule has 3 amide bonds. The minimum Gasteiger partial charge on any atom is -0.352 e. The molecule has 0 bridgehead atoms. The summed E-state index contributed by atoms with van der Waals surface area (Å²) in [5.41, 5.74) is 3.04. The summed E-state index contributed by atoms with van der Waals surface area (Å²) in [6, 6.07) is 26.6. The first-order chi connectivity index (χ1) is 16.5. The van der Waals surface area contributed by atoms with E-state index in [-0.39, 0.29) is 30.2 Å². The van der Waals surface area contributed by atoms with Crippen molar-refractivity contribution in [3.8, 4) is 0 Å². The van der Waals surface area contributed by atoms with Crippen molar-refractivity contribution < 1.29 is 14.4 Å². The van der Waals surface area contributed by atoms with Gasteiger partial charge in [0.2, 0.25) is 11.8 Å². The van der Waals surface area contributed by atoms with Crippen LogP contribution in [-0.4, -0.2) is 35.7 Å². The molecular weight excluding hydrogens is 426 g/mol. The molecule has 0 aromatic heterocycles. The highest BCUT2D eigenvalue weighted by molar-refractivity contribution is 6.05. The Morgan fingerprint density at radius 2 is 1.59 bits per heavy atom. The molecule has 1 heterocycles. The van der Waals surface area contributed by atoms with Gasteiger partial charge in [-0.25, -0.2) is 0 Å². The molecular formula is C28H29N3O3. The number of carbonyl (C=O) groups is 3. The van der Waals surface area contributed by atoms with Crippen LogP contribution in [0, 0.1) is 5.92 Å². The van der Waals surface area contributed by atoms with Crippen molar-refractivity contribution in [1.82, 2.24) is 10.2 Å². The largest absolute Gasteiger partial charge is 0.352 e. The van der Waals surface area contributed by atoms with Gasteiger partial charge in [-0.15, -0.1) is 0 Å². The van der Waals surface area contributed by atoms with Crippen molar-refractivity contribution in [3.63, 3.8) is 0 Å². The fourth-order valence-electron chi connectivity index (χ4n) is 4.28. The maximum atomic E-state index is 13.0. The van der Waals surface area contributed by atoms with Gasteiger partial charge in [-0.05, 0) is 36.6 Å². The third-order valence-corrected chi connectivity index (χ3v) is 6.25. The molecule has 2 N–H and O–H groups in total. The van der Waals surface area contributed by atoms with Crippen molar-refractivity contribution in [3.05, 3.63) is 102 Å². The lowest BCUT2D eigenvalue weighted by atomic mass is 10.1. The molecule has 1 aliphatic rings. The molecule has 0 spiro atoms. The first-order valence-electron chi connectivity index (χ1n) is 11.6. The van der Waals surface area contributed by atoms with E-state index in [2.05, 4.69) is 10.6 Å². The molecule has 34 heavy (non-hydrogen) atoms. The average Bonchev–Trinajstić information content (AvgIpc) is 3.26. The van der Waals surface area contributed by atoms with Gasteiger partial charge in [0, 0.05) is 19.5 Å². The van der Waals surface area contributed by atoms with Crippen molar-refractivity contribution in [2.45, 2.75) is 25.8 Å². The Bertz CT molecular complexity index is 1150. The van der Waals surface area contributed by atoms with Gasteiger partial charge < -0.3 is 15.5 Å². The van der Waals surface area contributed by atoms with Gasteiger partial charge in [0.25, 0.3) is 5.91 Å². The van der Waals surface area contributed by atoms with Gasteiger partial charge >= 0.3 is 0 Å². The molecule has 3 aromatic rings. The molecule has 0 saturated carbocycles. The van der Waals surface area contributed by atoms with Crippen molar-refractivity contribution >= 4 is 23.4 Å². The van der Waals surface area contributed by atoms with Crippen molar-refractivity contribution in [2.24, 2.45) is 5.92 Å². The highest BCUT2D eigenvalue weighted by Gasteiger charge is 2.37. The second-order valence-electron chi connectivity index (χ2n) is 8.56. The van der Waals surface area contributed by atoms with Crippen LogP contribution in [0.2, 0.25) is 0 Å². The molecule has 6 nitrogen and oxygen atoms in total. The normalized spacial score (nSPS) is 16.2. The van der Waals surface area contributed by atoms with Gasteiger partial charge in [-0.3, -0.25) is 14.4 Å². The van der Waals surface area contributed by atoms with Gasteiger partial charge in [0.15, 0.2) is 0 Å². The monoisotopic (exact) mass is 455 g/mol. The van der Waals surface area contributed by atoms with E-state index >= 15 is 0 Å². The minimum atomic E-state index is -0.465. The molecule has 6 heteroatoms. The Hall–Kier alpha value is -3.93. The van der Waals surface area contributed by atoms with Crippen LogP contribution in [0.5, 0.6) is 0 Å². The van der Waals surface area contributed by atoms with Crippen LogP contribution in [0.3, 0.4) is 0 Å². The summed E-state index contributed by atoms with van der Waals surface area (Å²) >= 11 is 0. The molecule has 0 aliphatic carbocycles. The zero-order valence-electron chi connectivity index (χ0n) is 19.2. The van der Waals surface area contributed by atoms with Crippen LogP contribution < -0.4 is 10.6 Å². The van der Waals surface area contributed by atoms with Gasteiger partial charge in [-0.1, -0.05) is 72.8 Å². The summed E-state index contributed by atoms with van der Waals surface area (Å²) in [5, 5.41) is 5.81. The molecule has 4 rings (SSSR count). The summed E-state index contributed by atoms with van der Waals surface area (Å²) in [4.78, 5) is 40.2. The molecule has 174 valence electrons. The van der Waals surface area contributed by atoms with Crippen LogP contribution in [0.15, 0.2) is 84.9 Å². The molecule has 2 atom stereocenters. The summed E-state index contributed by atoms with van der Waals surface area (Å²) in [6.07, 6.45) is 0.884. The smallest absolute Gasteiger partial charge is 0.253 e. The molecule has 1 aliphatic heterocycles. The number of amides is 3. The van der Waals surface area contributed by atoms with Crippen LogP contribution >= 0.6 is 0 Å². The minimum absolute atomic E-state index is 0.0385. The zero-order chi connectivity index (χ0) is 23.9. The van der Waals surface area contributed by atoms with E-state index in [1.54, 1.807) is 29.2 Å². The van der Waals surface area contributed by atoms with Crippen LogP contribution in [0.1, 0.15) is 40.9 Å². The number of nitrogens with one attached hydrogen (secondary N) is 2. The highest BCUT2D eigenvalue weighted by atomic mass is 16.2. The summed E-state index contributed by atoms with van der Waals surface area (Å²) in [6.45, 7) is 2.82. The number of hydrogen-bond donors (Lipinski definition) is 2. The van der Waals surface area contributed by atoms with Gasteiger partial charge in [0.05, 0.1) is 23.2 Å². The lowest BCUT2D eigenvalue weighted by Crippen LogP contribution is -2.31. The Morgan fingerprint density at radius 1 is 0.941 bits per heavy atom. The fourth-order valence-corrected chi connectivity index (χ4v) is 4.28. The van der Waals surface area contributed by atoms with Crippen LogP contribution in [-0.2, 0) is 16.0 Å². The fraction of sp³-hybridized carbons (Fsp3) is 0.250. The Morgan fingerprint density at radius 3 is 2.32 bits per heavy atom. The molecule has 1 fully saturated rings. The molecule has 1 saturated heterocycles. The maximum absolute atomic E-state index is 13.0. The van der Waals surface area contributed by atoms with E-state index in [9.17, 15) is 14.4 Å². The van der Waals surface area contributed by atoms with Gasteiger partial charge in [0.1, 0.15) is 0 Å². The first-order valence-corrected chi connectivity index (χ1v) is 11.6. The first kappa shape index (κ1) is 23.2. The van der Waals surface area contributed by atoms with E-state index in [1.807, 2.05) is 67.6 Å². The summed E-state index contributed by atoms with van der Waals surface area (Å²) in [5.74, 6) is -0.995. The van der Waals surface area contributed by atoms with E-state index < -0.39 is 5.92 Å². The lowest BCUT2D eigenvalue weighted by molar-refractivity contribution is -0.129. The summed E-state index contributed by atoms with van der Waals surface area (Å²) in [7, 11) is 0. The van der Waals surface area contributed by atoms with Crippen molar-refractivity contribution in [2.75, 3.05) is 18.4 Å². The SMILES string of the molecule is C[C@@H](c1ccccc1)N1C[C@@H](C(=O)Nc2ccccc2C(=O)NCCc2ccccc2)CC1=O. The Kier molecular flexibility index (Phi) is 7.38. The standard InChI is InChI=1S/C28H29N3O3/c1-20(22-12-6-3-7-13-22)31-19-23(18-26(31)32)27(33)30-25-15-9-8-14-24(25)28(34)29-17-16-21-10-4-2-5-11-21/h2-15,20,23H,16-19H2,1H3,(H,29,34)(H,30,33)/t20-,23-/m0/s1. The quantitative estimate of drug-likeness (QED) is 0.534. The third-order valence-electron chi connectivity index (χ3n) is 6.25. The predicted octanol–water partition coefficient (Wildman–Crippen LogP) is 4.21. The number of nitrogens with zero attached hydrogens (tertiary/aromatic N) is 1. The number of carbonyl (C=O) groups excluding carboxylic acids is 3. The topological polar surface area (TPSA) is 78.5 Å². The second kappa shape index (κ2) is 10.8.